The number of rotatable bonds is 8. The molecule has 0 aromatic heterocycles. The number of hydrazone groups is 1. The van der Waals surface area contributed by atoms with Crippen LogP contribution < -0.4 is 14.9 Å². The Morgan fingerprint density at radius 2 is 1.92 bits per heavy atom. The topological polar surface area (TPSA) is 80.2 Å². The van der Waals surface area contributed by atoms with Crippen molar-refractivity contribution in [2.75, 3.05) is 13.7 Å². The van der Waals surface area contributed by atoms with E-state index in [1.165, 1.54) is 30.5 Å². The molecule has 0 aliphatic rings. The Bertz CT molecular complexity index is 755. The first kappa shape index (κ1) is 19.3. The lowest BCUT2D eigenvalue weighted by atomic mass is 10.1. The molecule has 6 nitrogen and oxygen atoms in total. The van der Waals surface area contributed by atoms with E-state index in [2.05, 4.69) is 24.4 Å². The lowest BCUT2D eigenvalue weighted by Crippen LogP contribution is -2.17. The number of amides is 1. The van der Waals surface area contributed by atoms with Gasteiger partial charge in [-0.05, 0) is 60.4 Å². The van der Waals surface area contributed by atoms with Crippen LogP contribution in [0.4, 0.5) is 0 Å². The van der Waals surface area contributed by atoms with Gasteiger partial charge in [0.25, 0.3) is 5.91 Å². The summed E-state index contributed by atoms with van der Waals surface area (Å²) in [4.78, 5) is 11.9. The Labute approximate surface area is 153 Å². The molecule has 1 amide bonds. The van der Waals surface area contributed by atoms with E-state index in [-0.39, 0.29) is 11.7 Å². The predicted octanol–water partition coefficient (Wildman–Crippen LogP) is 3.59. The monoisotopic (exact) mass is 356 g/mol. The summed E-state index contributed by atoms with van der Waals surface area (Å²) >= 11 is 0. The van der Waals surface area contributed by atoms with Crippen molar-refractivity contribution in [3.63, 3.8) is 0 Å². The first-order valence-corrected chi connectivity index (χ1v) is 8.43. The number of nitrogens with one attached hydrogen (secondary N) is 1. The number of aromatic hydroxyl groups is 1. The number of phenolic OH excluding ortho intramolecular Hbond substituents is 1. The number of carbonyl (C=O) groups is 1. The van der Waals surface area contributed by atoms with Crippen molar-refractivity contribution in [2.24, 2.45) is 11.0 Å². The number of carbonyl (C=O) groups excluding carboxylic acids is 1. The van der Waals surface area contributed by atoms with Crippen molar-refractivity contribution in [2.45, 2.75) is 20.3 Å². The van der Waals surface area contributed by atoms with Gasteiger partial charge in [0.05, 0.1) is 19.9 Å². The Morgan fingerprint density at radius 3 is 2.58 bits per heavy atom. The SMILES string of the molecule is COc1cc(C=NNC(=O)c2ccc(O)cc2)ccc1OCCC(C)C. The fraction of sp³-hybridized carbons (Fsp3) is 0.300. The highest BCUT2D eigenvalue weighted by Crippen LogP contribution is 2.27. The number of nitrogens with zero attached hydrogens (tertiary/aromatic N) is 1. The van der Waals surface area contributed by atoms with Gasteiger partial charge in [-0.1, -0.05) is 13.8 Å². The highest BCUT2D eigenvalue weighted by molar-refractivity contribution is 5.95. The number of ether oxygens (including phenoxy) is 2. The van der Waals surface area contributed by atoms with Crippen molar-refractivity contribution >= 4 is 12.1 Å². The summed E-state index contributed by atoms with van der Waals surface area (Å²) in [5, 5.41) is 13.2. The zero-order valence-corrected chi connectivity index (χ0v) is 15.2. The van der Waals surface area contributed by atoms with E-state index in [1.807, 2.05) is 12.1 Å². The molecule has 2 N–H and O–H groups in total. The average Bonchev–Trinajstić information content (AvgIpc) is 2.62. The molecule has 2 aromatic rings. The molecule has 0 radical (unpaired) electrons. The minimum absolute atomic E-state index is 0.104. The fourth-order valence-electron chi connectivity index (χ4n) is 2.13. The smallest absolute Gasteiger partial charge is 0.271 e. The minimum atomic E-state index is -0.359. The van der Waals surface area contributed by atoms with E-state index in [1.54, 1.807) is 13.2 Å². The molecule has 6 heteroatoms. The second-order valence-electron chi connectivity index (χ2n) is 6.19. The van der Waals surface area contributed by atoms with Crippen molar-refractivity contribution in [3.8, 4) is 17.2 Å². The molecule has 0 fully saturated rings. The number of hydrogen-bond acceptors (Lipinski definition) is 5. The third-order valence-electron chi connectivity index (χ3n) is 3.65. The lowest BCUT2D eigenvalue weighted by molar-refractivity contribution is 0.0955. The summed E-state index contributed by atoms with van der Waals surface area (Å²) in [5.74, 6) is 1.61. The second-order valence-corrected chi connectivity index (χ2v) is 6.19. The van der Waals surface area contributed by atoms with Gasteiger partial charge in [-0.25, -0.2) is 5.43 Å². The standard InChI is InChI=1S/C20H24N2O4/c1-14(2)10-11-26-18-9-4-15(12-19(18)25-3)13-21-22-20(24)16-5-7-17(23)8-6-16/h4-9,12-14,23H,10-11H2,1-3H3,(H,22,24). The summed E-state index contributed by atoms with van der Waals surface area (Å²) in [7, 11) is 1.58. The van der Waals surface area contributed by atoms with Gasteiger partial charge in [0.15, 0.2) is 11.5 Å². The molecule has 0 bridgehead atoms. The highest BCUT2D eigenvalue weighted by atomic mass is 16.5. The molecule has 26 heavy (non-hydrogen) atoms. The molecule has 0 aliphatic heterocycles. The molecule has 0 atom stereocenters. The minimum Gasteiger partial charge on any atom is -0.508 e. The van der Waals surface area contributed by atoms with E-state index in [9.17, 15) is 9.90 Å². The summed E-state index contributed by atoms with van der Waals surface area (Å²) in [6.07, 6.45) is 2.49. The maximum absolute atomic E-state index is 11.9. The van der Waals surface area contributed by atoms with Crippen LogP contribution in [0.25, 0.3) is 0 Å². The largest absolute Gasteiger partial charge is 0.508 e. The van der Waals surface area contributed by atoms with Gasteiger partial charge in [0.1, 0.15) is 5.75 Å². The van der Waals surface area contributed by atoms with Crippen molar-refractivity contribution in [3.05, 3.63) is 53.6 Å². The molecule has 0 saturated carbocycles. The van der Waals surface area contributed by atoms with Crippen LogP contribution in [-0.4, -0.2) is 30.9 Å². The van der Waals surface area contributed by atoms with E-state index in [0.29, 0.717) is 29.6 Å². The second kappa shape index (κ2) is 9.46. The Kier molecular flexibility index (Phi) is 7.02. The zero-order chi connectivity index (χ0) is 18.9. The van der Waals surface area contributed by atoms with E-state index in [0.717, 1.165) is 12.0 Å². The first-order valence-electron chi connectivity index (χ1n) is 8.43. The quantitative estimate of drug-likeness (QED) is 0.559. The Balaban J connectivity index is 1.96. The molecule has 0 spiro atoms. The molecule has 0 unspecified atom stereocenters. The molecule has 138 valence electrons. The number of phenols is 1. The average molecular weight is 356 g/mol. The van der Waals surface area contributed by atoms with E-state index < -0.39 is 0 Å². The van der Waals surface area contributed by atoms with E-state index >= 15 is 0 Å². The number of benzene rings is 2. The molecule has 0 aliphatic carbocycles. The first-order chi connectivity index (χ1) is 12.5. The summed E-state index contributed by atoms with van der Waals surface area (Å²) in [6.45, 7) is 4.92. The van der Waals surface area contributed by atoms with Gasteiger partial charge in [-0.3, -0.25) is 4.79 Å². The van der Waals surface area contributed by atoms with Crippen LogP contribution in [0.15, 0.2) is 47.6 Å². The maximum Gasteiger partial charge on any atom is 0.271 e. The van der Waals surface area contributed by atoms with Crippen molar-refractivity contribution < 1.29 is 19.4 Å². The van der Waals surface area contributed by atoms with Crippen molar-refractivity contribution in [1.29, 1.82) is 0 Å². The Hall–Kier alpha value is -3.02. The summed E-state index contributed by atoms with van der Waals surface area (Å²) in [5.41, 5.74) is 3.62. The van der Waals surface area contributed by atoms with Crippen LogP contribution >= 0.6 is 0 Å². The predicted molar refractivity (Wildman–Crippen MR) is 101 cm³/mol. The molecular weight excluding hydrogens is 332 g/mol. The molecular formula is C20H24N2O4. The van der Waals surface area contributed by atoms with Gasteiger partial charge < -0.3 is 14.6 Å². The summed E-state index contributed by atoms with van der Waals surface area (Å²) in [6, 6.07) is 11.4. The number of hydrogen-bond donors (Lipinski definition) is 2. The van der Waals surface area contributed by atoms with E-state index in [4.69, 9.17) is 9.47 Å². The van der Waals surface area contributed by atoms with Crippen LogP contribution in [0.5, 0.6) is 17.2 Å². The van der Waals surface area contributed by atoms with Gasteiger partial charge in [0, 0.05) is 5.56 Å². The van der Waals surface area contributed by atoms with Crippen LogP contribution in [0.1, 0.15) is 36.2 Å². The van der Waals surface area contributed by atoms with Crippen molar-refractivity contribution in [1.82, 2.24) is 5.43 Å². The highest BCUT2D eigenvalue weighted by Gasteiger charge is 2.06. The number of methoxy groups -OCH3 is 1. The lowest BCUT2D eigenvalue weighted by Gasteiger charge is -2.12. The van der Waals surface area contributed by atoms with Crippen LogP contribution in [0.3, 0.4) is 0 Å². The Morgan fingerprint density at radius 1 is 1.19 bits per heavy atom. The molecule has 2 aromatic carbocycles. The molecule has 0 saturated heterocycles. The molecule has 2 rings (SSSR count). The van der Waals surface area contributed by atoms with Gasteiger partial charge in [-0.15, -0.1) is 0 Å². The summed E-state index contributed by atoms with van der Waals surface area (Å²) < 4.78 is 11.1. The van der Waals surface area contributed by atoms with Crippen LogP contribution in [0.2, 0.25) is 0 Å². The van der Waals surface area contributed by atoms with Gasteiger partial charge in [-0.2, -0.15) is 5.10 Å². The fourth-order valence-corrected chi connectivity index (χ4v) is 2.13. The third kappa shape index (κ3) is 5.81. The van der Waals surface area contributed by atoms with Gasteiger partial charge >= 0.3 is 0 Å². The zero-order valence-electron chi connectivity index (χ0n) is 15.2. The third-order valence-corrected chi connectivity index (χ3v) is 3.65. The van der Waals surface area contributed by atoms with Crippen LogP contribution in [0, 0.1) is 5.92 Å². The normalized spacial score (nSPS) is 10.9. The van der Waals surface area contributed by atoms with Gasteiger partial charge in [0.2, 0.25) is 0 Å². The van der Waals surface area contributed by atoms with Crippen LogP contribution in [-0.2, 0) is 0 Å². The maximum atomic E-state index is 11.9. The molecule has 0 heterocycles.